The molecule has 5 aromatic rings. The van der Waals surface area contributed by atoms with E-state index < -0.39 is 18.2 Å². The van der Waals surface area contributed by atoms with E-state index in [1.807, 2.05) is 63.4 Å². The molecule has 0 saturated heterocycles. The molecule has 4 N–H and O–H groups in total. The number of aromatic nitrogens is 2. The van der Waals surface area contributed by atoms with Gasteiger partial charge in [-0.2, -0.15) is 0 Å². The summed E-state index contributed by atoms with van der Waals surface area (Å²) in [4.78, 5) is 66.3. The van der Waals surface area contributed by atoms with Gasteiger partial charge in [0, 0.05) is 37.3 Å². The van der Waals surface area contributed by atoms with E-state index in [9.17, 15) is 19.2 Å². The van der Waals surface area contributed by atoms with E-state index in [1.54, 1.807) is 34.3 Å². The third-order valence-electron chi connectivity index (χ3n) is 9.99. The Morgan fingerprint density at radius 1 is 0.879 bits per heavy atom. The van der Waals surface area contributed by atoms with E-state index in [0.717, 1.165) is 56.6 Å². The van der Waals surface area contributed by atoms with Crippen LogP contribution in [0.1, 0.15) is 70.0 Å². The number of nitrogens with zero attached hydrogens (tertiary/aromatic N) is 4. The fourth-order valence-corrected chi connectivity index (χ4v) is 7.10. The molecule has 4 aromatic carbocycles. The number of carbonyl (C=O) groups excluding carboxylic acids is 4. The number of aliphatic imine (C=N–C) groups is 1. The molecule has 0 bridgehead atoms. The number of amides is 4. The summed E-state index contributed by atoms with van der Waals surface area (Å²) in [5, 5.41) is 10.4. The highest BCUT2D eigenvalue weighted by molar-refractivity contribution is 6.03. The minimum Gasteiger partial charge on any atom is -0.488 e. The van der Waals surface area contributed by atoms with Gasteiger partial charge in [0.05, 0.1) is 50.6 Å². The maximum absolute atomic E-state index is 13.9. The molecular formula is C51H62N8O7. The standard InChI is InChI=1S/C44H50N8O7.C3H8.2C2H2/c1-6-18-51(39(53)25-48-43(55)57-4)20-17-46-35-16-14-29-22-34-32-15-13-30(21-31(32)27-59-37(34)23-33(29)41(35)45-3)36-24-47-38(49-36)26-52(19-7-2)42(54)40(50-44(56)58-5)28-11-9-8-10-12-28;1-3-2;2*1-2/h8-17,21-24,40,45H,6-7,18-20,25-27H2,1-5H3,(H,47,49)(H,48,55)(H,50,56);3H2,1-2H3;2*1-2H/t40-;;;/m1.../s1. The van der Waals surface area contributed by atoms with Gasteiger partial charge >= 0.3 is 12.2 Å². The van der Waals surface area contributed by atoms with Crippen LogP contribution in [0.4, 0.5) is 21.0 Å². The maximum atomic E-state index is 13.9. The molecule has 1 aliphatic rings. The largest absolute Gasteiger partial charge is 0.488 e. The summed E-state index contributed by atoms with van der Waals surface area (Å²) in [7, 11) is 4.37. The zero-order valence-electron chi connectivity index (χ0n) is 39.0. The topological polar surface area (TPSA) is 180 Å². The summed E-state index contributed by atoms with van der Waals surface area (Å²) >= 11 is 0. The zero-order valence-corrected chi connectivity index (χ0v) is 39.0. The maximum Gasteiger partial charge on any atom is 0.407 e. The van der Waals surface area contributed by atoms with Crippen molar-refractivity contribution < 1.29 is 33.4 Å². The Morgan fingerprint density at radius 2 is 1.56 bits per heavy atom. The average Bonchev–Trinajstić information content (AvgIpc) is 3.83. The van der Waals surface area contributed by atoms with Crippen molar-refractivity contribution in [2.45, 2.75) is 66.2 Å². The summed E-state index contributed by atoms with van der Waals surface area (Å²) in [5.41, 5.74) is 7.00. The van der Waals surface area contributed by atoms with Gasteiger partial charge in [-0.15, -0.1) is 25.7 Å². The summed E-state index contributed by atoms with van der Waals surface area (Å²) in [6, 6.07) is 22.5. The monoisotopic (exact) mass is 898 g/mol. The van der Waals surface area contributed by atoms with Crippen molar-refractivity contribution in [3.8, 4) is 53.8 Å². The molecule has 348 valence electrons. The molecular weight excluding hydrogens is 837 g/mol. The van der Waals surface area contributed by atoms with Gasteiger partial charge in [0.25, 0.3) is 0 Å². The number of hydrogen-bond acceptors (Lipinski definition) is 10. The number of fused-ring (bicyclic) bond motifs is 4. The van der Waals surface area contributed by atoms with Crippen molar-refractivity contribution >= 4 is 52.4 Å². The molecule has 0 radical (unpaired) electrons. The highest BCUT2D eigenvalue weighted by Crippen LogP contribution is 2.44. The molecule has 0 saturated carbocycles. The van der Waals surface area contributed by atoms with E-state index in [4.69, 9.17) is 14.5 Å². The predicted molar refractivity (Wildman–Crippen MR) is 262 cm³/mol. The van der Waals surface area contributed by atoms with Crippen molar-refractivity contribution in [3.05, 3.63) is 95.9 Å². The summed E-state index contributed by atoms with van der Waals surface area (Å²) in [5.74, 6) is 0.877. The highest BCUT2D eigenvalue weighted by Gasteiger charge is 2.29. The fourth-order valence-electron chi connectivity index (χ4n) is 7.10. The third-order valence-corrected chi connectivity index (χ3v) is 9.99. The Balaban J connectivity index is 0.00000156. The fraction of sp³-hybridized carbons (Fsp3) is 0.333. The lowest BCUT2D eigenvalue weighted by Gasteiger charge is -2.27. The summed E-state index contributed by atoms with van der Waals surface area (Å²) in [6.07, 6.45) is 20.8. The van der Waals surface area contributed by atoms with Crippen LogP contribution in [-0.4, -0.2) is 97.4 Å². The molecule has 1 atom stereocenters. The van der Waals surface area contributed by atoms with Crippen molar-refractivity contribution in [2.75, 3.05) is 52.8 Å². The van der Waals surface area contributed by atoms with Crippen LogP contribution in [-0.2, 0) is 32.2 Å². The molecule has 15 nitrogen and oxygen atoms in total. The molecule has 6 rings (SSSR count). The van der Waals surface area contributed by atoms with Crippen molar-refractivity contribution in [1.82, 2.24) is 30.4 Å². The normalized spacial score (nSPS) is 11.2. The molecule has 66 heavy (non-hydrogen) atoms. The molecule has 1 aliphatic heterocycles. The lowest BCUT2D eigenvalue weighted by atomic mass is 9.92. The first-order valence-corrected chi connectivity index (χ1v) is 21.6. The van der Waals surface area contributed by atoms with E-state index in [0.29, 0.717) is 43.2 Å². The van der Waals surface area contributed by atoms with Crippen LogP contribution in [0.25, 0.3) is 33.2 Å². The molecule has 0 fully saturated rings. The number of carbonyl (C=O) groups is 4. The van der Waals surface area contributed by atoms with Crippen LogP contribution in [0.5, 0.6) is 5.75 Å². The second-order valence-corrected chi connectivity index (χ2v) is 14.6. The number of methoxy groups -OCH3 is 2. The number of ether oxygens (including phenoxy) is 3. The Morgan fingerprint density at radius 3 is 2.21 bits per heavy atom. The SMILES string of the molecule is C#C.C#C.CCC.CCCN(CC=Nc1ccc2cc3c(cc2c1NC)OCc1cc(-c2cnc(CN(CCC)C(=O)[C@H](NC(=O)OC)c4ccccc4)[nH]2)ccc1-3)C(=O)CNC(=O)OC. The summed E-state index contributed by atoms with van der Waals surface area (Å²) < 4.78 is 15.7. The lowest BCUT2D eigenvalue weighted by molar-refractivity contribution is -0.134. The Kier molecular flexibility index (Phi) is 21.8. The van der Waals surface area contributed by atoms with Crippen LogP contribution >= 0.6 is 0 Å². The van der Waals surface area contributed by atoms with Crippen LogP contribution in [0, 0.1) is 25.7 Å². The van der Waals surface area contributed by atoms with Gasteiger partial charge in [-0.3, -0.25) is 14.6 Å². The van der Waals surface area contributed by atoms with Crippen LogP contribution < -0.4 is 20.7 Å². The van der Waals surface area contributed by atoms with E-state index in [2.05, 4.69) is 88.4 Å². The van der Waals surface area contributed by atoms with Gasteiger partial charge in [-0.05, 0) is 64.7 Å². The first kappa shape index (κ1) is 52.6. The minimum absolute atomic E-state index is 0.157. The number of alkyl carbamates (subject to hydrolysis) is 2. The number of H-pyrrole nitrogens is 1. The van der Waals surface area contributed by atoms with Gasteiger partial charge in [0.1, 0.15) is 30.8 Å². The third kappa shape index (κ3) is 13.9. The number of aromatic amines is 1. The second kappa shape index (κ2) is 27.4. The van der Waals surface area contributed by atoms with Gasteiger partial charge in [-0.25, -0.2) is 14.6 Å². The number of rotatable bonds is 16. The predicted octanol–water partition coefficient (Wildman–Crippen LogP) is 8.88. The Hall–Kier alpha value is -7.78. The number of imidazole rings is 1. The number of hydrogen-bond donors (Lipinski definition) is 4. The van der Waals surface area contributed by atoms with Gasteiger partial charge in [-0.1, -0.05) is 82.6 Å². The van der Waals surface area contributed by atoms with E-state index in [1.165, 1.54) is 20.6 Å². The van der Waals surface area contributed by atoms with E-state index >= 15 is 0 Å². The zero-order chi connectivity index (χ0) is 48.6. The first-order valence-electron chi connectivity index (χ1n) is 21.6. The Labute approximate surface area is 388 Å². The van der Waals surface area contributed by atoms with Crippen molar-refractivity contribution in [1.29, 1.82) is 0 Å². The average molecular weight is 899 g/mol. The number of anilines is 1. The number of nitrogens with one attached hydrogen (secondary N) is 4. The lowest BCUT2D eigenvalue weighted by Crippen LogP contribution is -2.43. The van der Waals surface area contributed by atoms with Crippen molar-refractivity contribution in [3.63, 3.8) is 0 Å². The smallest absolute Gasteiger partial charge is 0.407 e. The molecule has 2 heterocycles. The van der Waals surface area contributed by atoms with Crippen LogP contribution in [0.2, 0.25) is 0 Å². The van der Waals surface area contributed by atoms with Gasteiger partial charge in [0.15, 0.2) is 0 Å². The molecule has 4 amide bonds. The van der Waals surface area contributed by atoms with Gasteiger partial charge in [0.2, 0.25) is 11.8 Å². The molecule has 0 spiro atoms. The number of terminal acetylenes is 2. The van der Waals surface area contributed by atoms with Crippen LogP contribution in [0.15, 0.2) is 84.0 Å². The Bertz CT molecular complexity index is 2440. The molecule has 0 aliphatic carbocycles. The number of benzene rings is 4. The van der Waals surface area contributed by atoms with Crippen molar-refractivity contribution in [2.24, 2.45) is 4.99 Å². The quantitative estimate of drug-likeness (QED) is 0.0556. The van der Waals surface area contributed by atoms with Gasteiger partial charge < -0.3 is 44.9 Å². The minimum atomic E-state index is -0.916. The molecule has 1 aromatic heterocycles. The first-order chi connectivity index (χ1) is 32.1. The second-order valence-electron chi connectivity index (χ2n) is 14.6. The summed E-state index contributed by atoms with van der Waals surface area (Å²) in [6.45, 7) is 9.93. The molecule has 15 heteroatoms. The van der Waals surface area contributed by atoms with Crippen LogP contribution in [0.3, 0.4) is 0 Å². The highest BCUT2D eigenvalue weighted by atomic mass is 16.5. The van der Waals surface area contributed by atoms with E-state index in [-0.39, 0.29) is 31.4 Å². The molecule has 0 unspecified atom stereocenters.